The molecule has 1 aliphatic rings. The maximum Gasteiger partial charge on any atom is 0.434 e. The van der Waals surface area contributed by atoms with Crippen molar-refractivity contribution in [2.75, 3.05) is 12.8 Å². The summed E-state index contributed by atoms with van der Waals surface area (Å²) in [5, 5.41) is 12.2. The predicted molar refractivity (Wildman–Crippen MR) is 71.6 cm³/mol. The molecule has 0 saturated carbocycles. The van der Waals surface area contributed by atoms with Crippen LogP contribution in [0.15, 0.2) is 10.3 Å². The van der Waals surface area contributed by atoms with Crippen LogP contribution in [-0.2, 0) is 14.7 Å². The first-order valence-electron chi connectivity index (χ1n) is 5.85. The first kappa shape index (κ1) is 18.3. The Morgan fingerprint density at radius 3 is 2.41 bits per heavy atom. The van der Waals surface area contributed by atoms with Crippen molar-refractivity contribution in [2.24, 2.45) is 10.3 Å². The molecular weight excluding hydrogens is 332 g/mol. The van der Waals surface area contributed by atoms with Gasteiger partial charge in [0.2, 0.25) is 14.9 Å². The smallest absolute Gasteiger partial charge is 0.385 e. The highest BCUT2D eigenvalue weighted by atomic mass is 32.2. The van der Waals surface area contributed by atoms with E-state index in [1.54, 1.807) is 0 Å². The van der Waals surface area contributed by atoms with Gasteiger partial charge in [-0.2, -0.15) is 18.3 Å². The summed E-state index contributed by atoms with van der Waals surface area (Å²) in [7, 11) is -3.44. The van der Waals surface area contributed by atoms with Gasteiger partial charge >= 0.3 is 6.18 Å². The number of alkyl halides is 4. The van der Waals surface area contributed by atoms with Gasteiger partial charge in [-0.1, -0.05) is 5.16 Å². The van der Waals surface area contributed by atoms with Crippen LogP contribution < -0.4 is 5.43 Å². The molecule has 7 nitrogen and oxygen atoms in total. The molecule has 0 fully saturated rings. The minimum absolute atomic E-state index is 1.02. The summed E-state index contributed by atoms with van der Waals surface area (Å²) in [6.45, 7) is 2.48. The average molecular weight is 346 g/mol. The molecule has 0 amide bonds. The van der Waals surface area contributed by atoms with Gasteiger partial charge in [-0.3, -0.25) is 5.41 Å². The molecule has 0 aromatic heterocycles. The second-order valence-electron chi connectivity index (χ2n) is 4.90. The predicted octanol–water partition coefficient (Wildman–Crippen LogP) is 1.02. The van der Waals surface area contributed by atoms with Gasteiger partial charge in [0, 0.05) is 7.05 Å². The van der Waals surface area contributed by atoms with Crippen LogP contribution in [0, 0.1) is 5.41 Å². The topological polar surface area (TPSA) is 104 Å². The SMILES string of the molecule is CN/N=C(/CS(=O)(=O)C1=NOC(C)(C)C1F)C(=N)C(F)(F)F. The molecule has 2 N–H and O–H groups in total. The molecule has 1 aliphatic heterocycles. The number of hydrogen-bond donors (Lipinski definition) is 2. The summed E-state index contributed by atoms with van der Waals surface area (Å²) in [5.41, 5.74) is -2.61. The molecule has 1 rings (SSSR count). The van der Waals surface area contributed by atoms with Crippen LogP contribution in [-0.4, -0.2) is 55.6 Å². The minimum atomic E-state index is -5.09. The molecule has 0 radical (unpaired) electrons. The van der Waals surface area contributed by atoms with Gasteiger partial charge in [0.1, 0.15) is 11.5 Å². The molecule has 0 aliphatic carbocycles. The number of sulfone groups is 1. The summed E-state index contributed by atoms with van der Waals surface area (Å²) < 4.78 is 75.6. The maximum atomic E-state index is 14.0. The lowest BCUT2D eigenvalue weighted by atomic mass is 10.1. The third-order valence-electron chi connectivity index (χ3n) is 2.66. The van der Waals surface area contributed by atoms with Crippen LogP contribution in [0.25, 0.3) is 0 Å². The largest absolute Gasteiger partial charge is 0.434 e. The van der Waals surface area contributed by atoms with Crippen molar-refractivity contribution in [3.63, 3.8) is 0 Å². The highest BCUT2D eigenvalue weighted by Gasteiger charge is 2.49. The Kier molecular flexibility index (Phi) is 4.85. The Morgan fingerprint density at radius 1 is 1.50 bits per heavy atom. The average Bonchev–Trinajstić information content (AvgIpc) is 2.62. The van der Waals surface area contributed by atoms with Gasteiger partial charge in [0.05, 0.1) is 0 Å². The Morgan fingerprint density at radius 2 is 2.05 bits per heavy atom. The number of rotatable bonds is 4. The normalized spacial score (nSPS) is 22.0. The highest BCUT2D eigenvalue weighted by molar-refractivity contribution is 8.07. The van der Waals surface area contributed by atoms with E-state index in [-0.39, 0.29) is 0 Å². The van der Waals surface area contributed by atoms with Crippen molar-refractivity contribution in [3.05, 3.63) is 0 Å². The fraction of sp³-hybridized carbons (Fsp3) is 0.700. The second-order valence-corrected chi connectivity index (χ2v) is 6.84. The molecule has 12 heteroatoms. The van der Waals surface area contributed by atoms with Crippen molar-refractivity contribution in [2.45, 2.75) is 31.8 Å². The van der Waals surface area contributed by atoms with E-state index in [4.69, 9.17) is 5.41 Å². The van der Waals surface area contributed by atoms with E-state index in [0.717, 1.165) is 7.05 Å². The first-order chi connectivity index (χ1) is 9.83. The minimum Gasteiger partial charge on any atom is -0.385 e. The summed E-state index contributed by atoms with van der Waals surface area (Å²) in [6.07, 6.45) is -7.22. The van der Waals surface area contributed by atoms with Crippen LogP contribution in [0.2, 0.25) is 0 Å². The van der Waals surface area contributed by atoms with E-state index >= 15 is 0 Å². The Hall–Kier alpha value is -1.72. The van der Waals surface area contributed by atoms with Crippen molar-refractivity contribution < 1.29 is 30.8 Å². The number of nitrogens with one attached hydrogen (secondary N) is 2. The number of hydrogen-bond acceptors (Lipinski definition) is 7. The molecule has 126 valence electrons. The van der Waals surface area contributed by atoms with Crippen LogP contribution in [0.5, 0.6) is 0 Å². The highest BCUT2D eigenvalue weighted by Crippen LogP contribution is 2.29. The lowest BCUT2D eigenvalue weighted by Gasteiger charge is -2.18. The molecule has 0 aromatic carbocycles. The fourth-order valence-corrected chi connectivity index (χ4v) is 2.95. The molecule has 0 saturated heterocycles. The zero-order valence-electron chi connectivity index (χ0n) is 11.8. The second kappa shape index (κ2) is 5.82. The molecule has 0 aromatic rings. The van der Waals surface area contributed by atoms with Crippen molar-refractivity contribution in [1.29, 1.82) is 5.41 Å². The zero-order chi connectivity index (χ0) is 17.3. The Bertz CT molecular complexity index is 625. The molecule has 1 unspecified atom stereocenters. The number of nitrogens with zero attached hydrogens (tertiary/aromatic N) is 2. The molecule has 0 bridgehead atoms. The van der Waals surface area contributed by atoms with Crippen LogP contribution >= 0.6 is 0 Å². The monoisotopic (exact) mass is 346 g/mol. The molecule has 1 heterocycles. The lowest BCUT2D eigenvalue weighted by molar-refractivity contribution is -0.0573. The molecule has 0 spiro atoms. The van der Waals surface area contributed by atoms with Gasteiger partial charge in [0.25, 0.3) is 0 Å². The quantitative estimate of drug-likeness (QED) is 0.450. The summed E-state index contributed by atoms with van der Waals surface area (Å²) in [6, 6.07) is 0. The van der Waals surface area contributed by atoms with Gasteiger partial charge < -0.3 is 10.3 Å². The third kappa shape index (κ3) is 3.72. The Balaban J connectivity index is 3.10. The van der Waals surface area contributed by atoms with Crippen molar-refractivity contribution >= 4 is 26.3 Å². The summed E-state index contributed by atoms with van der Waals surface area (Å²) in [4.78, 5) is 4.62. The first-order valence-corrected chi connectivity index (χ1v) is 7.50. The maximum absolute atomic E-state index is 14.0. The van der Waals surface area contributed by atoms with E-state index in [9.17, 15) is 26.0 Å². The third-order valence-corrected chi connectivity index (χ3v) is 4.23. The standard InChI is InChI=1S/C10H14F4N4O3S/c1-9(2)6(11)8(18-21-9)22(19,20)4-5(17-16-3)7(15)10(12,13)14/h6,15-16H,4H2,1-3H3/b15-7?,17-5-. The van der Waals surface area contributed by atoms with Crippen LogP contribution in [0.1, 0.15) is 13.8 Å². The van der Waals surface area contributed by atoms with E-state index in [1.807, 2.05) is 5.43 Å². The fourth-order valence-electron chi connectivity index (χ4n) is 1.48. The van der Waals surface area contributed by atoms with E-state index < -0.39 is 50.0 Å². The lowest BCUT2D eigenvalue weighted by Crippen LogP contribution is -2.41. The van der Waals surface area contributed by atoms with Crippen LogP contribution in [0.4, 0.5) is 17.6 Å². The molecule has 22 heavy (non-hydrogen) atoms. The Labute approximate surface area is 123 Å². The van der Waals surface area contributed by atoms with E-state index in [0.29, 0.717) is 0 Å². The van der Waals surface area contributed by atoms with Gasteiger partial charge in [-0.05, 0) is 13.8 Å². The van der Waals surface area contributed by atoms with Gasteiger partial charge in [-0.25, -0.2) is 12.8 Å². The van der Waals surface area contributed by atoms with Crippen molar-refractivity contribution in [3.8, 4) is 0 Å². The number of oxime groups is 1. The van der Waals surface area contributed by atoms with Crippen molar-refractivity contribution in [1.82, 2.24) is 5.43 Å². The van der Waals surface area contributed by atoms with Crippen LogP contribution in [0.3, 0.4) is 0 Å². The number of halogens is 4. The van der Waals surface area contributed by atoms with E-state index in [1.165, 1.54) is 13.8 Å². The van der Waals surface area contributed by atoms with E-state index in [2.05, 4.69) is 15.1 Å². The molecular formula is C10H14F4N4O3S. The number of hydrazone groups is 1. The van der Waals surface area contributed by atoms with Gasteiger partial charge in [0.15, 0.2) is 17.5 Å². The molecule has 1 atom stereocenters. The summed E-state index contributed by atoms with van der Waals surface area (Å²) in [5.74, 6) is -1.33. The van der Waals surface area contributed by atoms with Gasteiger partial charge in [-0.15, -0.1) is 0 Å². The zero-order valence-corrected chi connectivity index (χ0v) is 12.6. The summed E-state index contributed by atoms with van der Waals surface area (Å²) >= 11 is 0.